The van der Waals surface area contributed by atoms with Crippen LogP contribution < -0.4 is 4.74 Å². The fourth-order valence-electron chi connectivity index (χ4n) is 2.82. The fraction of sp³-hybridized carbons (Fsp3) is 0.333. The third kappa shape index (κ3) is 5.51. The highest BCUT2D eigenvalue weighted by molar-refractivity contribution is 7.18. The van der Waals surface area contributed by atoms with Gasteiger partial charge in [-0.25, -0.2) is 9.78 Å². The van der Waals surface area contributed by atoms with Gasteiger partial charge in [-0.05, 0) is 44.3 Å². The largest absolute Gasteiger partial charge is 0.491 e. The number of carbonyl (C=O) groups excluding carboxylic acids is 1. The number of carbonyl (C=O) groups is 1. The molecule has 0 fully saturated rings. The predicted molar refractivity (Wildman–Crippen MR) is 110 cm³/mol. The molecule has 1 N–H and O–H groups in total. The van der Waals surface area contributed by atoms with E-state index in [-0.39, 0.29) is 12.6 Å². The van der Waals surface area contributed by atoms with Crippen LogP contribution in [0.3, 0.4) is 0 Å². The minimum absolute atomic E-state index is 0.135. The van der Waals surface area contributed by atoms with E-state index in [0.29, 0.717) is 31.0 Å². The number of fused-ring (bicyclic) bond motifs is 1. The Bertz CT molecular complexity index is 894. The predicted octanol–water partition coefficient (Wildman–Crippen LogP) is 3.34. The monoisotopic (exact) mass is 400 g/mol. The molecule has 0 aliphatic rings. The normalized spacial score (nSPS) is 12.3. The Labute approximate surface area is 168 Å². The summed E-state index contributed by atoms with van der Waals surface area (Å²) in [6, 6.07) is 14.8. The van der Waals surface area contributed by atoms with Crippen molar-refractivity contribution in [1.29, 1.82) is 0 Å². The smallest absolute Gasteiger partial charge is 0.338 e. The molecule has 28 heavy (non-hydrogen) atoms. The van der Waals surface area contributed by atoms with E-state index in [9.17, 15) is 9.90 Å². The molecule has 3 rings (SSSR count). The molecular weight excluding hydrogens is 376 g/mol. The van der Waals surface area contributed by atoms with Gasteiger partial charge in [-0.15, -0.1) is 11.3 Å². The first-order valence-electron chi connectivity index (χ1n) is 9.16. The van der Waals surface area contributed by atoms with Crippen LogP contribution in [0.2, 0.25) is 0 Å². The summed E-state index contributed by atoms with van der Waals surface area (Å²) < 4.78 is 11.8. The van der Waals surface area contributed by atoms with Crippen molar-refractivity contribution in [2.75, 3.05) is 26.8 Å². The van der Waals surface area contributed by atoms with Gasteiger partial charge < -0.3 is 14.6 Å². The van der Waals surface area contributed by atoms with E-state index < -0.39 is 6.10 Å². The summed E-state index contributed by atoms with van der Waals surface area (Å²) in [6.45, 7) is 3.34. The maximum Gasteiger partial charge on any atom is 0.338 e. The van der Waals surface area contributed by atoms with E-state index in [1.807, 2.05) is 30.1 Å². The lowest BCUT2D eigenvalue weighted by molar-refractivity contribution is 0.0525. The number of rotatable bonds is 9. The Hall–Kier alpha value is -2.48. The van der Waals surface area contributed by atoms with E-state index in [2.05, 4.69) is 11.1 Å². The second kappa shape index (κ2) is 9.64. The van der Waals surface area contributed by atoms with E-state index >= 15 is 0 Å². The first-order valence-corrected chi connectivity index (χ1v) is 9.98. The van der Waals surface area contributed by atoms with Gasteiger partial charge in [-0.3, -0.25) is 4.90 Å². The summed E-state index contributed by atoms with van der Waals surface area (Å²) >= 11 is 1.66. The molecule has 0 saturated carbocycles. The third-order valence-electron chi connectivity index (χ3n) is 4.05. The lowest BCUT2D eigenvalue weighted by Crippen LogP contribution is -2.32. The molecule has 148 valence electrons. The summed E-state index contributed by atoms with van der Waals surface area (Å²) in [6.07, 6.45) is -0.661. The Morgan fingerprint density at radius 3 is 2.86 bits per heavy atom. The Kier molecular flexibility index (Phi) is 6.97. The van der Waals surface area contributed by atoms with Crippen molar-refractivity contribution < 1.29 is 19.4 Å². The molecule has 0 aliphatic carbocycles. The van der Waals surface area contributed by atoms with Crippen LogP contribution in [0.4, 0.5) is 0 Å². The second-order valence-corrected chi connectivity index (χ2v) is 7.60. The van der Waals surface area contributed by atoms with E-state index in [1.54, 1.807) is 42.5 Å². The van der Waals surface area contributed by atoms with Crippen molar-refractivity contribution >= 4 is 27.5 Å². The number of benzene rings is 2. The average molecular weight is 401 g/mol. The Balaban J connectivity index is 1.49. The number of ether oxygens (including phenoxy) is 2. The zero-order valence-electron chi connectivity index (χ0n) is 16.0. The molecule has 0 aliphatic heterocycles. The van der Waals surface area contributed by atoms with Gasteiger partial charge >= 0.3 is 5.97 Å². The minimum Gasteiger partial charge on any atom is -0.491 e. The molecular formula is C21H24N2O4S. The van der Waals surface area contributed by atoms with E-state index in [4.69, 9.17) is 9.47 Å². The molecule has 1 aromatic heterocycles. The fourth-order valence-corrected chi connectivity index (χ4v) is 3.86. The molecule has 0 saturated heterocycles. The summed E-state index contributed by atoms with van der Waals surface area (Å²) in [5, 5.41) is 11.3. The van der Waals surface area contributed by atoms with Crippen LogP contribution in [0.1, 0.15) is 22.3 Å². The van der Waals surface area contributed by atoms with Crippen LogP contribution in [0, 0.1) is 0 Å². The topological polar surface area (TPSA) is 71.9 Å². The molecule has 1 atom stereocenters. The van der Waals surface area contributed by atoms with Crippen molar-refractivity contribution in [1.82, 2.24) is 9.88 Å². The number of aromatic nitrogens is 1. The number of thiazole rings is 1. The van der Waals surface area contributed by atoms with Gasteiger partial charge in [0.25, 0.3) is 0 Å². The molecule has 7 heteroatoms. The molecule has 6 nitrogen and oxygen atoms in total. The zero-order valence-corrected chi connectivity index (χ0v) is 16.8. The van der Waals surface area contributed by atoms with Gasteiger partial charge in [0.15, 0.2) is 0 Å². The lowest BCUT2D eigenvalue weighted by Gasteiger charge is -2.19. The van der Waals surface area contributed by atoms with Crippen LogP contribution in [-0.4, -0.2) is 53.9 Å². The molecule has 0 amide bonds. The van der Waals surface area contributed by atoms with Crippen molar-refractivity contribution in [2.45, 2.75) is 19.6 Å². The van der Waals surface area contributed by atoms with E-state index in [0.717, 1.165) is 15.2 Å². The minimum atomic E-state index is -0.661. The summed E-state index contributed by atoms with van der Waals surface area (Å²) in [5.41, 5.74) is 1.43. The van der Waals surface area contributed by atoms with Gasteiger partial charge in [0, 0.05) is 6.54 Å². The van der Waals surface area contributed by atoms with Gasteiger partial charge in [-0.2, -0.15) is 0 Å². The number of para-hydroxylation sites is 1. The number of esters is 1. The summed E-state index contributed by atoms with van der Waals surface area (Å²) in [4.78, 5) is 18.4. The van der Waals surface area contributed by atoms with Gasteiger partial charge in [0.2, 0.25) is 0 Å². The molecule has 2 aromatic carbocycles. The number of aliphatic hydroxyl groups is 1. The van der Waals surface area contributed by atoms with Crippen molar-refractivity contribution in [2.24, 2.45) is 0 Å². The molecule has 0 radical (unpaired) electrons. The van der Waals surface area contributed by atoms with Crippen LogP contribution in [0.25, 0.3) is 10.2 Å². The van der Waals surface area contributed by atoms with Crippen molar-refractivity contribution in [3.8, 4) is 5.75 Å². The number of nitrogens with zero attached hydrogens (tertiary/aromatic N) is 2. The highest BCUT2D eigenvalue weighted by Crippen LogP contribution is 2.22. The SMILES string of the molecule is CCOC(=O)c1cccc(OC[C@H](O)CN(C)Cc2nc3ccccc3s2)c1. The summed E-state index contributed by atoms with van der Waals surface area (Å²) in [7, 11) is 1.94. The number of hydrogen-bond donors (Lipinski definition) is 1. The molecule has 0 unspecified atom stereocenters. The highest BCUT2D eigenvalue weighted by atomic mass is 32.1. The number of likely N-dealkylation sites (N-methyl/N-ethyl adjacent to an activating group) is 1. The van der Waals surface area contributed by atoms with Crippen LogP contribution in [0.15, 0.2) is 48.5 Å². The number of hydrogen-bond acceptors (Lipinski definition) is 7. The maximum absolute atomic E-state index is 11.8. The van der Waals surface area contributed by atoms with Gasteiger partial charge in [0.05, 0.1) is 28.9 Å². The summed E-state index contributed by atoms with van der Waals surface area (Å²) in [5.74, 6) is 0.141. The Morgan fingerprint density at radius 1 is 1.25 bits per heavy atom. The maximum atomic E-state index is 11.8. The second-order valence-electron chi connectivity index (χ2n) is 6.49. The quantitative estimate of drug-likeness (QED) is 0.556. The van der Waals surface area contributed by atoms with Crippen molar-refractivity contribution in [3.05, 3.63) is 59.1 Å². The molecule has 0 bridgehead atoms. The lowest BCUT2D eigenvalue weighted by atomic mass is 10.2. The Morgan fingerprint density at radius 2 is 2.07 bits per heavy atom. The standard InChI is InChI=1S/C21H24N2O4S/c1-3-26-21(25)15-7-6-8-17(11-15)27-14-16(24)12-23(2)13-20-22-18-9-4-5-10-19(18)28-20/h4-11,16,24H,3,12-14H2,1-2H3/t16-/m1/s1. The first-order chi connectivity index (χ1) is 13.5. The molecule has 1 heterocycles. The number of aliphatic hydroxyl groups excluding tert-OH is 1. The highest BCUT2D eigenvalue weighted by Gasteiger charge is 2.13. The third-order valence-corrected chi connectivity index (χ3v) is 5.07. The first kappa shape index (κ1) is 20.3. The van der Waals surface area contributed by atoms with Gasteiger partial charge in [0.1, 0.15) is 23.5 Å². The van der Waals surface area contributed by atoms with Crippen LogP contribution in [-0.2, 0) is 11.3 Å². The molecule has 3 aromatic rings. The van der Waals surface area contributed by atoms with E-state index in [1.165, 1.54) is 0 Å². The zero-order chi connectivity index (χ0) is 19.9. The van der Waals surface area contributed by atoms with Gasteiger partial charge in [-0.1, -0.05) is 18.2 Å². The van der Waals surface area contributed by atoms with Crippen molar-refractivity contribution in [3.63, 3.8) is 0 Å². The van der Waals surface area contributed by atoms with Crippen LogP contribution in [0.5, 0.6) is 5.75 Å². The van der Waals surface area contributed by atoms with Crippen LogP contribution >= 0.6 is 11.3 Å². The average Bonchev–Trinajstić information content (AvgIpc) is 3.08. The molecule has 0 spiro atoms.